The summed E-state index contributed by atoms with van der Waals surface area (Å²) in [6, 6.07) is 11.2. The minimum Gasteiger partial charge on any atom is -0.507 e. The molecule has 1 amide bonds. The van der Waals surface area contributed by atoms with E-state index in [-0.39, 0.29) is 33.6 Å². The molecule has 1 aromatic heterocycles. The normalized spacial score (nSPS) is 15.6. The van der Waals surface area contributed by atoms with Crippen molar-refractivity contribution in [1.29, 1.82) is 0 Å². The smallest absolute Gasteiger partial charge is 0.323 e. The lowest BCUT2D eigenvalue weighted by atomic mass is 9.95. The molecule has 0 radical (unpaired) electrons. The van der Waals surface area contributed by atoms with Gasteiger partial charge in [0, 0.05) is 63.3 Å². The van der Waals surface area contributed by atoms with Crippen LogP contribution in [-0.4, -0.2) is 66.2 Å². The van der Waals surface area contributed by atoms with Crippen molar-refractivity contribution >= 4 is 40.4 Å². The number of aromatic nitrogens is 2. The number of phenols is 1. The van der Waals surface area contributed by atoms with Crippen LogP contribution in [-0.2, 0) is 4.79 Å². The fraction of sp³-hybridized carbons (Fsp3) is 0.241. The number of imidazole rings is 1. The molecule has 11 heteroatoms. The molecule has 0 unspecified atom stereocenters. The molecule has 9 nitrogen and oxygen atoms in total. The van der Waals surface area contributed by atoms with E-state index in [1.807, 2.05) is 20.2 Å². The number of H-pyrrole nitrogens is 2. The lowest BCUT2D eigenvalue weighted by Gasteiger charge is -2.34. The van der Waals surface area contributed by atoms with Gasteiger partial charge >= 0.3 is 5.69 Å². The number of rotatable bonds is 7. The summed E-state index contributed by atoms with van der Waals surface area (Å²) in [6.07, 6.45) is 3.91. The number of carbonyl (C=O) groups is 1. The van der Waals surface area contributed by atoms with E-state index in [0.717, 1.165) is 25.3 Å². The van der Waals surface area contributed by atoms with Crippen molar-refractivity contribution in [2.75, 3.05) is 43.5 Å². The first-order valence-corrected chi connectivity index (χ1v) is 13.2. The Hall–Kier alpha value is -4.28. The maximum absolute atomic E-state index is 15.0. The van der Waals surface area contributed by atoms with Gasteiger partial charge in [-0.1, -0.05) is 17.7 Å². The Kier molecular flexibility index (Phi) is 7.55. The predicted molar refractivity (Wildman–Crippen MR) is 157 cm³/mol. The average molecular weight is 565 g/mol. The lowest BCUT2D eigenvalue weighted by Crippen LogP contribution is -2.49. The van der Waals surface area contributed by atoms with Gasteiger partial charge in [-0.15, -0.1) is 0 Å². The van der Waals surface area contributed by atoms with Gasteiger partial charge < -0.3 is 30.2 Å². The van der Waals surface area contributed by atoms with Crippen molar-refractivity contribution in [3.63, 3.8) is 0 Å². The molecule has 0 saturated carbocycles. The summed E-state index contributed by atoms with van der Waals surface area (Å²) in [4.78, 5) is 34.8. The molecule has 5 rings (SSSR count). The Labute approximate surface area is 235 Å². The quantitative estimate of drug-likeness (QED) is 0.247. The Morgan fingerprint density at radius 3 is 2.50 bits per heavy atom. The van der Waals surface area contributed by atoms with E-state index in [9.17, 15) is 14.7 Å². The number of aromatic amines is 2. The van der Waals surface area contributed by atoms with E-state index in [2.05, 4.69) is 27.1 Å². The van der Waals surface area contributed by atoms with Crippen molar-refractivity contribution in [2.24, 2.45) is 0 Å². The number of halogens is 2. The molecule has 1 aliphatic rings. The Bertz CT molecular complexity index is 1660. The second-order valence-corrected chi connectivity index (χ2v) is 10.5. The maximum atomic E-state index is 15.0. The average Bonchev–Trinajstić information content (AvgIpc) is 3.30. The zero-order valence-electron chi connectivity index (χ0n) is 22.3. The van der Waals surface area contributed by atoms with E-state index in [1.54, 1.807) is 41.6 Å². The van der Waals surface area contributed by atoms with Crippen LogP contribution < -0.4 is 20.8 Å². The summed E-state index contributed by atoms with van der Waals surface area (Å²) in [7, 11) is 3.65. The molecule has 1 fully saturated rings. The summed E-state index contributed by atoms with van der Waals surface area (Å²) in [5, 5.41) is 15.1. The van der Waals surface area contributed by atoms with Gasteiger partial charge in [0.15, 0.2) is 0 Å². The molecular weight excluding hydrogens is 535 g/mol. The zero-order valence-corrected chi connectivity index (χ0v) is 23.1. The molecule has 40 heavy (non-hydrogen) atoms. The first kappa shape index (κ1) is 27.3. The van der Waals surface area contributed by atoms with E-state index in [1.165, 1.54) is 17.0 Å². The van der Waals surface area contributed by atoms with E-state index in [0.29, 0.717) is 34.3 Å². The van der Waals surface area contributed by atoms with Gasteiger partial charge in [0.2, 0.25) is 6.41 Å². The van der Waals surface area contributed by atoms with Gasteiger partial charge in [-0.2, -0.15) is 0 Å². The van der Waals surface area contributed by atoms with E-state index in [4.69, 9.17) is 11.6 Å². The number of carbonyl (C=O) groups excluding carboxylic acids is 1. The molecule has 0 bridgehead atoms. The molecule has 1 aliphatic heterocycles. The van der Waals surface area contributed by atoms with Crippen molar-refractivity contribution in [1.82, 2.24) is 20.2 Å². The molecule has 208 valence electrons. The minimum absolute atomic E-state index is 0.137. The summed E-state index contributed by atoms with van der Waals surface area (Å²) >= 11 is 6.53. The fourth-order valence-electron chi connectivity index (χ4n) is 4.98. The van der Waals surface area contributed by atoms with Crippen LogP contribution >= 0.6 is 11.6 Å². The lowest BCUT2D eigenvalue weighted by molar-refractivity contribution is -0.106. The number of fused-ring (bicyclic) bond motifs is 1. The molecule has 1 saturated heterocycles. The largest absolute Gasteiger partial charge is 0.507 e. The highest BCUT2D eigenvalue weighted by Gasteiger charge is 2.22. The maximum Gasteiger partial charge on any atom is 0.323 e. The number of hydrogen-bond donors (Lipinski definition) is 4. The highest BCUT2D eigenvalue weighted by Crippen LogP contribution is 2.43. The SMILES string of the molecule is C[C@@H]1CN(c2cc(-c3cc(F)cc(-c4ccc(N(C=O)/C=C\N(C)C)c(Cl)c4)c3O)cc3[nH]c(=O)[nH]c23)CCN1. The van der Waals surface area contributed by atoms with Gasteiger partial charge in [-0.25, -0.2) is 9.18 Å². The van der Waals surface area contributed by atoms with Gasteiger partial charge in [0.25, 0.3) is 0 Å². The van der Waals surface area contributed by atoms with Gasteiger partial charge in [0.05, 0.1) is 27.4 Å². The van der Waals surface area contributed by atoms with Crippen LogP contribution in [0.5, 0.6) is 5.75 Å². The highest BCUT2D eigenvalue weighted by molar-refractivity contribution is 6.34. The minimum atomic E-state index is -0.550. The van der Waals surface area contributed by atoms with Crippen molar-refractivity contribution in [2.45, 2.75) is 13.0 Å². The Balaban J connectivity index is 1.60. The molecule has 0 spiro atoms. The summed E-state index contributed by atoms with van der Waals surface area (Å²) < 4.78 is 15.0. The van der Waals surface area contributed by atoms with Crippen LogP contribution in [0, 0.1) is 5.82 Å². The summed E-state index contributed by atoms with van der Waals surface area (Å²) in [6.45, 7) is 4.31. The number of hydrogen-bond acceptors (Lipinski definition) is 6. The number of phenolic OH excluding ortho intramolecular Hbond substituents is 1. The predicted octanol–water partition coefficient (Wildman–Crippen LogP) is 4.48. The van der Waals surface area contributed by atoms with Crippen LogP contribution in [0.15, 0.2) is 59.7 Å². The second-order valence-electron chi connectivity index (χ2n) is 10.1. The third kappa shape index (κ3) is 5.41. The number of nitrogens with one attached hydrogen (secondary N) is 3. The van der Waals surface area contributed by atoms with Gasteiger partial charge in [-0.05, 0) is 54.4 Å². The molecule has 0 aliphatic carbocycles. The van der Waals surface area contributed by atoms with Crippen LogP contribution in [0.1, 0.15) is 6.92 Å². The number of benzene rings is 3. The van der Waals surface area contributed by atoms with Crippen LogP contribution in [0.25, 0.3) is 33.3 Å². The molecule has 2 heterocycles. The standard InChI is InChI=1S/C29H30ClFN6O3/c1-17-15-36(7-6-32-17)26-12-19(11-24-27(26)34-29(40)33-24)22-14-20(31)13-21(28(22)39)18-4-5-25(23(30)10-18)37(16-38)9-8-35(2)3/h4-5,8-14,16-17,32,39H,6-7,15H2,1-3H3,(H2,33,34,40)/b9-8-/t17-/m1/s1. The van der Waals surface area contributed by atoms with Crippen LogP contribution in [0.4, 0.5) is 15.8 Å². The van der Waals surface area contributed by atoms with Crippen molar-refractivity contribution in [3.8, 4) is 28.0 Å². The first-order valence-electron chi connectivity index (χ1n) is 12.8. The second kappa shape index (κ2) is 11.1. The Morgan fingerprint density at radius 2 is 1.82 bits per heavy atom. The van der Waals surface area contributed by atoms with Crippen molar-refractivity contribution < 1.29 is 14.3 Å². The van der Waals surface area contributed by atoms with Crippen molar-refractivity contribution in [3.05, 3.63) is 76.2 Å². The molecule has 1 atom stereocenters. The highest BCUT2D eigenvalue weighted by atomic mass is 35.5. The Morgan fingerprint density at radius 1 is 1.07 bits per heavy atom. The number of piperazine rings is 1. The molecular formula is C29H30ClFN6O3. The monoisotopic (exact) mass is 564 g/mol. The third-order valence-corrected chi connectivity index (χ3v) is 7.18. The zero-order chi connectivity index (χ0) is 28.6. The summed E-state index contributed by atoms with van der Waals surface area (Å²) in [5.41, 5.74) is 3.62. The third-order valence-electron chi connectivity index (χ3n) is 6.88. The number of aromatic hydroxyl groups is 1. The first-order chi connectivity index (χ1) is 19.1. The van der Waals surface area contributed by atoms with E-state index < -0.39 is 5.82 Å². The van der Waals surface area contributed by atoms with E-state index >= 15 is 4.39 Å². The summed E-state index contributed by atoms with van der Waals surface area (Å²) in [5.74, 6) is -0.687. The number of amides is 1. The van der Waals surface area contributed by atoms with Gasteiger partial charge in [0.1, 0.15) is 11.6 Å². The van der Waals surface area contributed by atoms with Crippen LogP contribution in [0.3, 0.4) is 0 Å². The number of nitrogens with zero attached hydrogens (tertiary/aromatic N) is 3. The number of anilines is 2. The molecule has 4 aromatic rings. The topological polar surface area (TPSA) is 108 Å². The fourth-order valence-corrected chi connectivity index (χ4v) is 5.26. The van der Waals surface area contributed by atoms with Crippen LogP contribution in [0.2, 0.25) is 5.02 Å². The molecule has 4 N–H and O–H groups in total. The van der Waals surface area contributed by atoms with Gasteiger partial charge in [-0.3, -0.25) is 9.69 Å². The molecule has 3 aromatic carbocycles.